The van der Waals surface area contributed by atoms with E-state index in [9.17, 15) is 13.2 Å². The van der Waals surface area contributed by atoms with Crippen molar-refractivity contribution in [3.05, 3.63) is 81.5 Å². The van der Waals surface area contributed by atoms with E-state index in [4.69, 9.17) is 0 Å². The number of hydrogen-bond acceptors (Lipinski definition) is 4. The molecule has 3 aromatic rings. The van der Waals surface area contributed by atoms with E-state index in [1.165, 1.54) is 46.7 Å². The van der Waals surface area contributed by atoms with Gasteiger partial charge >= 0.3 is 0 Å². The minimum absolute atomic E-state index is 0.137. The van der Waals surface area contributed by atoms with E-state index >= 15 is 0 Å². The van der Waals surface area contributed by atoms with Crippen LogP contribution in [-0.4, -0.2) is 14.3 Å². The summed E-state index contributed by atoms with van der Waals surface area (Å²) < 4.78 is 27.4. The summed E-state index contributed by atoms with van der Waals surface area (Å²) in [5, 5.41) is 4.79. The van der Waals surface area contributed by atoms with Crippen LogP contribution in [-0.2, 0) is 29.4 Å². The molecule has 0 saturated carbocycles. The number of anilines is 1. The average Bonchev–Trinajstić information content (AvgIpc) is 3.38. The molecule has 5 nitrogen and oxygen atoms in total. The second-order valence-electron chi connectivity index (χ2n) is 6.72. The molecule has 1 aliphatic carbocycles. The third-order valence-electron chi connectivity index (χ3n) is 4.80. The van der Waals surface area contributed by atoms with Gasteiger partial charge < -0.3 is 5.32 Å². The Labute approximate surface area is 168 Å². The molecule has 0 radical (unpaired) electrons. The fraction of sp³-hybridized carbons (Fsp3) is 0.190. The highest BCUT2D eigenvalue weighted by Gasteiger charge is 2.16. The van der Waals surface area contributed by atoms with Crippen LogP contribution in [0, 0.1) is 0 Å². The van der Waals surface area contributed by atoms with Gasteiger partial charge in [0.25, 0.3) is 5.91 Å². The van der Waals surface area contributed by atoms with Gasteiger partial charge in [0.05, 0.1) is 4.90 Å². The Morgan fingerprint density at radius 1 is 1.00 bits per heavy atom. The standard InChI is InChI=1S/C21H20N2O3S2/c24-21(23-18-9-6-15-3-1-4-17(15)13-18)16-7-10-20(11-8-16)28(25,26)22-14-19-5-2-12-27-19/h2,5-13,22H,1,3-4,14H2,(H,23,24). The van der Waals surface area contributed by atoms with Crippen LogP contribution in [0.1, 0.15) is 32.8 Å². The lowest BCUT2D eigenvalue weighted by atomic mass is 10.1. The first kappa shape index (κ1) is 18.9. The largest absolute Gasteiger partial charge is 0.322 e. The third-order valence-corrected chi connectivity index (χ3v) is 7.09. The zero-order valence-electron chi connectivity index (χ0n) is 15.1. The number of thiophene rings is 1. The summed E-state index contributed by atoms with van der Waals surface area (Å²) in [6, 6.07) is 15.7. The van der Waals surface area contributed by atoms with Gasteiger partial charge in [-0.1, -0.05) is 12.1 Å². The molecule has 1 amide bonds. The second-order valence-corrected chi connectivity index (χ2v) is 9.52. The number of rotatable bonds is 6. The van der Waals surface area contributed by atoms with Crippen molar-refractivity contribution in [2.75, 3.05) is 5.32 Å². The molecular formula is C21H20N2O3S2. The Kier molecular flexibility index (Phi) is 5.30. The van der Waals surface area contributed by atoms with Crippen molar-refractivity contribution in [3.63, 3.8) is 0 Å². The minimum atomic E-state index is -3.62. The van der Waals surface area contributed by atoms with Crippen LogP contribution in [0.3, 0.4) is 0 Å². The van der Waals surface area contributed by atoms with Gasteiger partial charge in [0.2, 0.25) is 10.0 Å². The molecule has 0 spiro atoms. The van der Waals surface area contributed by atoms with Crippen molar-refractivity contribution in [1.29, 1.82) is 0 Å². The van der Waals surface area contributed by atoms with Crippen molar-refractivity contribution in [1.82, 2.24) is 4.72 Å². The van der Waals surface area contributed by atoms with Gasteiger partial charge in [0.1, 0.15) is 0 Å². The van der Waals surface area contributed by atoms with Crippen molar-refractivity contribution >= 4 is 33.0 Å². The lowest BCUT2D eigenvalue weighted by Gasteiger charge is -2.09. The summed E-state index contributed by atoms with van der Waals surface area (Å²) in [5.41, 5.74) is 3.82. The van der Waals surface area contributed by atoms with Gasteiger partial charge in [-0.15, -0.1) is 11.3 Å². The van der Waals surface area contributed by atoms with Crippen molar-refractivity contribution < 1.29 is 13.2 Å². The van der Waals surface area contributed by atoms with E-state index in [1.54, 1.807) is 0 Å². The zero-order valence-corrected chi connectivity index (χ0v) is 16.8. The predicted octanol–water partition coefficient (Wildman–Crippen LogP) is 3.97. The molecule has 144 valence electrons. The quantitative estimate of drug-likeness (QED) is 0.643. The molecule has 7 heteroatoms. The first-order valence-corrected chi connectivity index (χ1v) is 11.4. The molecule has 0 unspecified atom stereocenters. The number of hydrogen-bond donors (Lipinski definition) is 2. The van der Waals surface area contributed by atoms with E-state index in [0.29, 0.717) is 5.56 Å². The highest BCUT2D eigenvalue weighted by molar-refractivity contribution is 7.89. The van der Waals surface area contributed by atoms with Crippen LogP contribution in [0.4, 0.5) is 5.69 Å². The van der Waals surface area contributed by atoms with Gasteiger partial charge in [-0.05, 0) is 78.2 Å². The van der Waals surface area contributed by atoms with Crippen molar-refractivity contribution in [3.8, 4) is 0 Å². The second kappa shape index (κ2) is 7.87. The Morgan fingerprint density at radius 2 is 1.79 bits per heavy atom. The molecule has 2 aromatic carbocycles. The number of sulfonamides is 1. The molecule has 1 aliphatic rings. The molecule has 2 N–H and O–H groups in total. The normalized spacial score (nSPS) is 13.3. The highest BCUT2D eigenvalue weighted by Crippen LogP contribution is 2.25. The zero-order chi connectivity index (χ0) is 19.6. The minimum Gasteiger partial charge on any atom is -0.322 e. The van der Waals surface area contributed by atoms with E-state index in [2.05, 4.69) is 16.1 Å². The van der Waals surface area contributed by atoms with E-state index in [0.717, 1.165) is 29.8 Å². The van der Waals surface area contributed by atoms with Crippen LogP contribution in [0.25, 0.3) is 0 Å². The molecule has 0 saturated heterocycles. The first-order chi connectivity index (χ1) is 13.5. The molecule has 0 atom stereocenters. The maximum absolute atomic E-state index is 12.5. The monoisotopic (exact) mass is 412 g/mol. The molecule has 0 fully saturated rings. The summed E-state index contributed by atoms with van der Waals surface area (Å²) in [7, 11) is -3.62. The fourth-order valence-electron chi connectivity index (χ4n) is 3.30. The summed E-state index contributed by atoms with van der Waals surface area (Å²) in [6.45, 7) is 0.251. The lowest BCUT2D eigenvalue weighted by Crippen LogP contribution is -2.23. The number of amides is 1. The molecule has 0 bridgehead atoms. The number of carbonyl (C=O) groups excluding carboxylic acids is 1. The van der Waals surface area contributed by atoms with E-state index in [1.807, 2.05) is 29.6 Å². The Morgan fingerprint density at radius 3 is 2.54 bits per heavy atom. The van der Waals surface area contributed by atoms with Gasteiger partial charge in [-0.2, -0.15) is 0 Å². The summed E-state index contributed by atoms with van der Waals surface area (Å²) in [6.07, 6.45) is 3.30. The van der Waals surface area contributed by atoms with Crippen LogP contribution in [0.15, 0.2) is 64.9 Å². The summed E-state index contributed by atoms with van der Waals surface area (Å²) in [5.74, 6) is -0.256. The molecule has 1 aromatic heterocycles. The van der Waals surface area contributed by atoms with E-state index < -0.39 is 10.0 Å². The van der Waals surface area contributed by atoms with Crippen LogP contribution in [0.5, 0.6) is 0 Å². The average molecular weight is 413 g/mol. The molecule has 0 aliphatic heterocycles. The third kappa shape index (κ3) is 4.16. The van der Waals surface area contributed by atoms with E-state index in [-0.39, 0.29) is 17.3 Å². The first-order valence-electron chi connectivity index (χ1n) is 9.06. The molecule has 28 heavy (non-hydrogen) atoms. The van der Waals surface area contributed by atoms with Gasteiger partial charge in [0.15, 0.2) is 0 Å². The van der Waals surface area contributed by atoms with Gasteiger partial charge in [-0.25, -0.2) is 13.1 Å². The number of aryl methyl sites for hydroxylation is 2. The van der Waals surface area contributed by atoms with Gasteiger partial charge in [0, 0.05) is 22.7 Å². The fourth-order valence-corrected chi connectivity index (χ4v) is 5.04. The maximum Gasteiger partial charge on any atom is 0.255 e. The van der Waals surface area contributed by atoms with Gasteiger partial charge in [-0.3, -0.25) is 4.79 Å². The Balaban J connectivity index is 1.42. The van der Waals surface area contributed by atoms with Crippen molar-refractivity contribution in [2.24, 2.45) is 0 Å². The lowest BCUT2D eigenvalue weighted by molar-refractivity contribution is 0.102. The number of benzene rings is 2. The topological polar surface area (TPSA) is 75.3 Å². The van der Waals surface area contributed by atoms with Crippen LogP contribution < -0.4 is 10.0 Å². The summed E-state index contributed by atoms with van der Waals surface area (Å²) >= 11 is 1.49. The summed E-state index contributed by atoms with van der Waals surface area (Å²) in [4.78, 5) is 13.6. The maximum atomic E-state index is 12.5. The Bertz CT molecular complexity index is 1090. The SMILES string of the molecule is O=C(Nc1ccc2c(c1)CCC2)c1ccc(S(=O)(=O)NCc2cccs2)cc1. The highest BCUT2D eigenvalue weighted by atomic mass is 32.2. The molecular weight excluding hydrogens is 392 g/mol. The Hall–Kier alpha value is -2.48. The number of carbonyl (C=O) groups is 1. The molecule has 4 rings (SSSR count). The predicted molar refractivity (Wildman–Crippen MR) is 111 cm³/mol. The van der Waals surface area contributed by atoms with Crippen molar-refractivity contribution in [2.45, 2.75) is 30.7 Å². The molecule has 1 heterocycles. The van der Waals surface area contributed by atoms with Crippen LogP contribution in [0.2, 0.25) is 0 Å². The smallest absolute Gasteiger partial charge is 0.255 e. The number of nitrogens with one attached hydrogen (secondary N) is 2. The van der Waals surface area contributed by atoms with Crippen LogP contribution >= 0.6 is 11.3 Å². The number of fused-ring (bicyclic) bond motifs is 1.